The maximum atomic E-state index is 12.9. The Balaban J connectivity index is 2.36. The average molecular weight is 358 g/mol. The molecule has 0 spiro atoms. The number of benzene rings is 1. The lowest BCUT2D eigenvalue weighted by Gasteiger charge is -2.29. The molecule has 1 aromatic carbocycles. The minimum atomic E-state index is -0.568. The average Bonchev–Trinajstić information content (AvgIpc) is 2.61. The summed E-state index contributed by atoms with van der Waals surface area (Å²) >= 11 is 0. The largest absolute Gasteiger partial charge is 0.490 e. The Kier molecular flexibility index (Phi) is 6.83. The minimum absolute atomic E-state index is 0.0381. The molecule has 5 heteroatoms. The summed E-state index contributed by atoms with van der Waals surface area (Å²) < 4.78 is 6.00. The van der Waals surface area contributed by atoms with E-state index in [1.54, 1.807) is 32.2 Å². The summed E-state index contributed by atoms with van der Waals surface area (Å²) in [4.78, 5) is 27.1. The number of fused-ring (bicyclic) bond motifs is 1. The quantitative estimate of drug-likeness (QED) is 0.783. The monoisotopic (exact) mass is 358 g/mol. The van der Waals surface area contributed by atoms with Crippen molar-refractivity contribution in [1.82, 2.24) is 10.2 Å². The van der Waals surface area contributed by atoms with E-state index in [0.717, 1.165) is 12.8 Å². The summed E-state index contributed by atoms with van der Waals surface area (Å²) in [6.07, 6.45) is 5.64. The standard InChI is InChI=1S/C21H30N2O3/c1-14(2)18-12-8-6-10-15(3)26-19-13-9-7-11-17(19)21(25)23(5)16(4)20(24)22-18/h6-9,11,13-16,18H,10,12H2,1-5H3,(H,22,24)/b8-6-/t15-,16-,18-/m1/s1. The fourth-order valence-corrected chi connectivity index (χ4v) is 2.88. The van der Waals surface area contributed by atoms with Gasteiger partial charge < -0.3 is 15.0 Å². The fraction of sp³-hybridized carbons (Fsp3) is 0.524. The van der Waals surface area contributed by atoms with Crippen molar-refractivity contribution in [3.05, 3.63) is 42.0 Å². The molecule has 142 valence electrons. The van der Waals surface area contributed by atoms with E-state index in [4.69, 9.17) is 4.74 Å². The lowest BCUT2D eigenvalue weighted by molar-refractivity contribution is -0.125. The number of amides is 2. The number of likely N-dealkylation sites (N-methyl/N-ethyl adjacent to an activating group) is 1. The number of para-hydroxylation sites is 1. The van der Waals surface area contributed by atoms with E-state index in [9.17, 15) is 9.59 Å². The normalized spacial score (nSPS) is 26.5. The van der Waals surface area contributed by atoms with Gasteiger partial charge in [0, 0.05) is 19.5 Å². The summed E-state index contributed by atoms with van der Waals surface area (Å²) in [7, 11) is 1.66. The lowest BCUT2D eigenvalue weighted by Crippen LogP contribution is -2.50. The molecular weight excluding hydrogens is 328 g/mol. The van der Waals surface area contributed by atoms with E-state index in [1.807, 2.05) is 13.0 Å². The zero-order chi connectivity index (χ0) is 19.3. The Bertz CT molecular complexity index is 669. The van der Waals surface area contributed by atoms with E-state index >= 15 is 0 Å². The van der Waals surface area contributed by atoms with Crippen molar-refractivity contribution in [2.75, 3.05) is 7.05 Å². The van der Waals surface area contributed by atoms with Crippen molar-refractivity contribution in [1.29, 1.82) is 0 Å². The number of carbonyl (C=O) groups excluding carboxylic acids is 2. The van der Waals surface area contributed by atoms with Crippen LogP contribution in [0.5, 0.6) is 5.75 Å². The van der Waals surface area contributed by atoms with Gasteiger partial charge in [0.15, 0.2) is 0 Å². The predicted molar refractivity (Wildman–Crippen MR) is 103 cm³/mol. The van der Waals surface area contributed by atoms with Crippen LogP contribution in [0.3, 0.4) is 0 Å². The summed E-state index contributed by atoms with van der Waals surface area (Å²) in [6.45, 7) is 7.91. The number of nitrogens with zero attached hydrogens (tertiary/aromatic N) is 1. The van der Waals surface area contributed by atoms with E-state index in [1.165, 1.54) is 4.90 Å². The van der Waals surface area contributed by atoms with E-state index in [-0.39, 0.29) is 24.0 Å². The van der Waals surface area contributed by atoms with E-state index < -0.39 is 6.04 Å². The Morgan fingerprint density at radius 2 is 1.77 bits per heavy atom. The molecule has 1 aliphatic rings. The first kappa shape index (κ1) is 20.0. The Morgan fingerprint density at radius 3 is 2.46 bits per heavy atom. The topological polar surface area (TPSA) is 58.6 Å². The lowest BCUT2D eigenvalue weighted by atomic mass is 9.99. The van der Waals surface area contributed by atoms with Gasteiger partial charge >= 0.3 is 0 Å². The van der Waals surface area contributed by atoms with Gasteiger partial charge in [0.25, 0.3) is 5.91 Å². The first-order valence-electron chi connectivity index (χ1n) is 9.29. The van der Waals surface area contributed by atoms with Gasteiger partial charge in [0.05, 0.1) is 11.7 Å². The number of hydrogen-bond acceptors (Lipinski definition) is 3. The number of nitrogens with one attached hydrogen (secondary N) is 1. The van der Waals surface area contributed by atoms with Crippen LogP contribution in [0.4, 0.5) is 0 Å². The number of ether oxygens (including phenoxy) is 1. The molecule has 0 unspecified atom stereocenters. The van der Waals surface area contributed by atoms with Crippen LogP contribution in [-0.4, -0.2) is 41.9 Å². The predicted octanol–water partition coefficient (Wildman–Crippen LogP) is 3.41. The maximum Gasteiger partial charge on any atom is 0.258 e. The summed E-state index contributed by atoms with van der Waals surface area (Å²) in [5.41, 5.74) is 0.475. The molecule has 1 aliphatic heterocycles. The third-order valence-electron chi connectivity index (χ3n) is 4.88. The second kappa shape index (κ2) is 8.88. The number of carbonyl (C=O) groups is 2. The van der Waals surface area contributed by atoms with Crippen molar-refractivity contribution in [3.63, 3.8) is 0 Å². The first-order valence-corrected chi connectivity index (χ1v) is 9.29. The Labute approximate surface area is 156 Å². The molecule has 0 saturated carbocycles. The molecule has 3 atom stereocenters. The van der Waals surface area contributed by atoms with Gasteiger partial charge in [0.2, 0.25) is 5.91 Å². The van der Waals surface area contributed by atoms with Crippen molar-refractivity contribution >= 4 is 11.8 Å². The molecule has 0 fully saturated rings. The molecule has 0 aromatic heterocycles. The molecule has 1 N–H and O–H groups in total. The summed E-state index contributed by atoms with van der Waals surface area (Å²) in [6, 6.07) is 6.66. The van der Waals surface area contributed by atoms with Gasteiger partial charge in [-0.15, -0.1) is 0 Å². The minimum Gasteiger partial charge on any atom is -0.490 e. The van der Waals surface area contributed by atoms with Gasteiger partial charge in [-0.3, -0.25) is 9.59 Å². The zero-order valence-corrected chi connectivity index (χ0v) is 16.4. The molecular formula is C21H30N2O3. The van der Waals surface area contributed by atoms with Crippen LogP contribution in [-0.2, 0) is 4.79 Å². The van der Waals surface area contributed by atoms with Gasteiger partial charge in [-0.25, -0.2) is 0 Å². The van der Waals surface area contributed by atoms with Crippen LogP contribution < -0.4 is 10.1 Å². The third-order valence-corrected chi connectivity index (χ3v) is 4.88. The van der Waals surface area contributed by atoms with Gasteiger partial charge in [0.1, 0.15) is 11.8 Å². The van der Waals surface area contributed by atoms with Gasteiger partial charge in [-0.2, -0.15) is 0 Å². The highest BCUT2D eigenvalue weighted by molar-refractivity contribution is 5.99. The van der Waals surface area contributed by atoms with Gasteiger partial charge in [-0.1, -0.05) is 38.1 Å². The van der Waals surface area contributed by atoms with Crippen LogP contribution in [0, 0.1) is 5.92 Å². The molecule has 2 amide bonds. The van der Waals surface area contributed by atoms with Gasteiger partial charge in [-0.05, 0) is 38.3 Å². The van der Waals surface area contributed by atoms with Crippen molar-refractivity contribution in [2.45, 2.75) is 58.7 Å². The SMILES string of the molecule is CC(C)[C@H]1C/C=C\C[C@@H](C)Oc2ccccc2C(=O)N(C)[C@H](C)C(=O)N1. The highest BCUT2D eigenvalue weighted by Gasteiger charge is 2.27. The molecule has 0 saturated heterocycles. The molecule has 0 aliphatic carbocycles. The van der Waals surface area contributed by atoms with Crippen LogP contribution in [0.15, 0.2) is 36.4 Å². The highest BCUT2D eigenvalue weighted by Crippen LogP contribution is 2.23. The third kappa shape index (κ3) is 4.87. The molecule has 2 rings (SSSR count). The first-order chi connectivity index (χ1) is 12.3. The smallest absolute Gasteiger partial charge is 0.258 e. The Morgan fingerprint density at radius 1 is 1.12 bits per heavy atom. The Hall–Kier alpha value is -2.30. The van der Waals surface area contributed by atoms with Crippen molar-refractivity contribution in [3.8, 4) is 5.75 Å². The summed E-state index contributed by atoms with van der Waals surface area (Å²) in [5, 5.41) is 3.09. The van der Waals surface area contributed by atoms with Crippen LogP contribution in [0.2, 0.25) is 0 Å². The van der Waals surface area contributed by atoms with Crippen molar-refractivity contribution < 1.29 is 14.3 Å². The zero-order valence-electron chi connectivity index (χ0n) is 16.4. The molecule has 1 heterocycles. The molecule has 5 nitrogen and oxygen atoms in total. The fourth-order valence-electron chi connectivity index (χ4n) is 2.88. The maximum absolute atomic E-state index is 12.9. The number of hydrogen-bond donors (Lipinski definition) is 1. The van der Waals surface area contributed by atoms with Crippen LogP contribution >= 0.6 is 0 Å². The van der Waals surface area contributed by atoms with Crippen LogP contribution in [0.25, 0.3) is 0 Å². The second-order valence-corrected chi connectivity index (χ2v) is 7.32. The van der Waals surface area contributed by atoms with E-state index in [0.29, 0.717) is 17.2 Å². The van der Waals surface area contributed by atoms with E-state index in [2.05, 4.69) is 31.3 Å². The molecule has 26 heavy (non-hydrogen) atoms. The summed E-state index contributed by atoms with van der Waals surface area (Å²) in [5.74, 6) is 0.495. The second-order valence-electron chi connectivity index (χ2n) is 7.32. The number of rotatable bonds is 1. The molecule has 0 radical (unpaired) electrons. The molecule has 0 bridgehead atoms. The molecule has 1 aromatic rings. The highest BCUT2D eigenvalue weighted by atomic mass is 16.5. The van der Waals surface area contributed by atoms with Crippen molar-refractivity contribution in [2.24, 2.45) is 5.92 Å². The van der Waals surface area contributed by atoms with Crippen LogP contribution in [0.1, 0.15) is 50.9 Å².